The maximum Gasteiger partial charge on any atom is 0.0929 e. The van der Waals surface area contributed by atoms with Gasteiger partial charge < -0.3 is 9.24 Å². The van der Waals surface area contributed by atoms with Crippen LogP contribution in [0.15, 0.2) is 0 Å². The first-order chi connectivity index (χ1) is 3.72. The van der Waals surface area contributed by atoms with Crippen LogP contribution in [0.3, 0.4) is 0 Å². The summed E-state index contributed by atoms with van der Waals surface area (Å²) in [6.45, 7) is 8.31. The Labute approximate surface area is 55.3 Å². The Bertz CT molecular complexity index is 46.3. The van der Waals surface area contributed by atoms with Gasteiger partial charge in [-0.2, -0.15) is 6.16 Å². The third-order valence-corrected chi connectivity index (χ3v) is 2.12. The van der Waals surface area contributed by atoms with Gasteiger partial charge >= 0.3 is 0 Å². The predicted molar refractivity (Wildman–Crippen MR) is 41.5 cm³/mol. The minimum Gasteiger partial charge on any atom is -0.558 e. The fourth-order valence-corrected chi connectivity index (χ4v) is 1.44. The lowest BCUT2D eigenvalue weighted by atomic mass is 9.96. The molecule has 0 aliphatic carbocycles. The average molecular weight is 130 g/mol. The Morgan fingerprint density at radius 1 is 1.62 bits per heavy atom. The summed E-state index contributed by atoms with van der Waals surface area (Å²) in [6.07, 6.45) is 2.31. The molecule has 0 aliphatic rings. The zero-order valence-corrected chi connectivity index (χ0v) is 6.78. The van der Waals surface area contributed by atoms with Crippen molar-refractivity contribution in [1.29, 1.82) is 0 Å². The first kappa shape index (κ1) is 8.30. The van der Waals surface area contributed by atoms with Crippen LogP contribution in [0.1, 0.15) is 20.3 Å². The van der Waals surface area contributed by atoms with E-state index >= 15 is 0 Å². The molecule has 0 spiro atoms. The molecule has 0 bridgehead atoms. The van der Waals surface area contributed by atoms with Crippen LogP contribution in [-0.4, -0.2) is 6.16 Å². The van der Waals surface area contributed by atoms with Crippen LogP contribution < -0.4 is 0 Å². The van der Waals surface area contributed by atoms with Gasteiger partial charge in [0, 0.05) is 0 Å². The molecule has 8 heavy (non-hydrogen) atoms. The molecule has 0 aromatic carbocycles. The minimum atomic E-state index is 0.581. The molecule has 0 aliphatic heterocycles. The van der Waals surface area contributed by atoms with E-state index in [2.05, 4.69) is 30.0 Å². The molecule has 0 amide bonds. The normalized spacial score (nSPS) is 17.9. The van der Waals surface area contributed by atoms with E-state index in [-0.39, 0.29) is 0 Å². The Hall–Kier alpha value is 0.300. The van der Waals surface area contributed by atoms with Gasteiger partial charge in [0.05, 0.1) is 12.8 Å². The molecular weight excluding hydrogens is 115 g/mol. The molecule has 0 saturated heterocycles. The van der Waals surface area contributed by atoms with Crippen molar-refractivity contribution in [3.05, 3.63) is 6.92 Å². The number of hydrogen-bond donors (Lipinski definition) is 0. The lowest BCUT2D eigenvalue weighted by Crippen LogP contribution is -2.08. The summed E-state index contributed by atoms with van der Waals surface area (Å²) in [5.74, 6) is 1.34. The molecule has 0 fully saturated rings. The highest BCUT2D eigenvalue weighted by atomic mass is 31.0. The Morgan fingerprint density at radius 3 is 2.12 bits per heavy atom. The van der Waals surface area contributed by atoms with Gasteiger partial charge in [0.15, 0.2) is 0 Å². The molecule has 0 saturated carbocycles. The van der Waals surface area contributed by atoms with E-state index < -0.39 is 0 Å². The van der Waals surface area contributed by atoms with Crippen molar-refractivity contribution < 1.29 is 0 Å². The summed E-state index contributed by atoms with van der Waals surface area (Å²) in [5, 5.41) is 0. The maximum atomic E-state index is 3.95. The molecule has 0 radical (unpaired) electrons. The molecule has 0 N–H and O–H groups in total. The zero-order valence-electron chi connectivity index (χ0n) is 5.78. The van der Waals surface area contributed by atoms with E-state index in [4.69, 9.17) is 0 Å². The van der Waals surface area contributed by atoms with E-state index in [0.717, 1.165) is 12.1 Å². The second-order valence-corrected chi connectivity index (χ2v) is 2.76. The van der Waals surface area contributed by atoms with Gasteiger partial charge in [0.1, 0.15) is 0 Å². The topological polar surface area (TPSA) is 0 Å². The van der Waals surface area contributed by atoms with E-state index in [0.29, 0.717) is 5.92 Å². The van der Waals surface area contributed by atoms with Gasteiger partial charge in [-0.3, -0.25) is 0 Å². The molecule has 0 aromatic rings. The van der Waals surface area contributed by atoms with Crippen molar-refractivity contribution in [1.82, 2.24) is 0 Å². The van der Waals surface area contributed by atoms with Gasteiger partial charge in [-0.05, 0) is 12.8 Å². The first-order valence-corrected chi connectivity index (χ1v) is 3.90. The van der Waals surface area contributed by atoms with E-state index in [1.807, 2.05) is 0 Å². The van der Waals surface area contributed by atoms with Crippen molar-refractivity contribution in [3.8, 4) is 0 Å². The van der Waals surface area contributed by atoms with Crippen molar-refractivity contribution in [2.24, 2.45) is 11.8 Å². The lowest BCUT2D eigenvalue weighted by molar-refractivity contribution is 0.451. The van der Waals surface area contributed by atoms with Gasteiger partial charge in [0.2, 0.25) is 0 Å². The first-order valence-electron chi connectivity index (χ1n) is 3.20. The molecule has 2 atom stereocenters. The summed E-state index contributed by atoms with van der Waals surface area (Å²) in [4.78, 5) is 0. The minimum absolute atomic E-state index is 0.581. The highest BCUT2D eigenvalue weighted by Gasteiger charge is 2.09. The van der Waals surface area contributed by atoms with Crippen LogP contribution in [0.4, 0.5) is 0 Å². The van der Waals surface area contributed by atoms with E-state index in [9.17, 15) is 0 Å². The summed E-state index contributed by atoms with van der Waals surface area (Å²) >= 11 is 0. The van der Waals surface area contributed by atoms with E-state index in [1.165, 1.54) is 6.42 Å². The van der Waals surface area contributed by atoms with Crippen LogP contribution in [0.2, 0.25) is 0 Å². The molecule has 0 heterocycles. The summed E-state index contributed by atoms with van der Waals surface area (Å²) in [5.41, 5.74) is 0. The standard InChI is InChI=1S/C7H15P/c1-4-7(5-8)6(2)3/h6-8H,2,4-5H2,1,3H3. The highest BCUT2D eigenvalue weighted by Crippen LogP contribution is 2.16. The largest absolute Gasteiger partial charge is 0.558 e. The summed E-state index contributed by atoms with van der Waals surface area (Å²) in [6, 6.07) is 0. The van der Waals surface area contributed by atoms with Crippen LogP contribution in [0, 0.1) is 18.8 Å². The summed E-state index contributed by atoms with van der Waals surface area (Å²) in [7, 11) is 3.48. The zero-order chi connectivity index (χ0) is 6.57. The van der Waals surface area contributed by atoms with Gasteiger partial charge in [-0.15, -0.1) is 0 Å². The molecule has 0 rings (SSSR count). The van der Waals surface area contributed by atoms with Crippen molar-refractivity contribution in [2.45, 2.75) is 20.3 Å². The Kier molecular flexibility index (Phi) is 4.36. The average Bonchev–Trinajstić information content (AvgIpc) is 1.69. The predicted octanol–water partition coefficient (Wildman–Crippen LogP) is 2.63. The summed E-state index contributed by atoms with van der Waals surface area (Å²) < 4.78 is 0. The monoisotopic (exact) mass is 130 g/mol. The van der Waals surface area contributed by atoms with Crippen molar-refractivity contribution in [2.75, 3.05) is 6.16 Å². The van der Waals surface area contributed by atoms with Gasteiger partial charge in [0.25, 0.3) is 0 Å². The molecule has 0 aromatic heterocycles. The van der Waals surface area contributed by atoms with Crippen LogP contribution in [0.25, 0.3) is 0 Å². The molecule has 2 unspecified atom stereocenters. The Balaban J connectivity index is 3.35. The number of hydrogen-bond acceptors (Lipinski definition) is 0. The second kappa shape index (κ2) is 4.21. The van der Waals surface area contributed by atoms with Crippen LogP contribution in [-0.2, 0) is 0 Å². The van der Waals surface area contributed by atoms with E-state index in [1.54, 1.807) is 0 Å². The fraction of sp³-hybridized carbons (Fsp3) is 0.857. The van der Waals surface area contributed by atoms with Crippen LogP contribution in [0.5, 0.6) is 0 Å². The second-order valence-electron chi connectivity index (χ2n) is 2.35. The molecular formula is C7H15P. The smallest absolute Gasteiger partial charge is 0.0929 e. The van der Waals surface area contributed by atoms with Crippen molar-refractivity contribution in [3.63, 3.8) is 0 Å². The number of rotatable bonds is 3. The quantitative estimate of drug-likeness (QED) is 0.407. The van der Waals surface area contributed by atoms with Gasteiger partial charge in [-0.25, -0.2) is 0 Å². The maximum absolute atomic E-state index is 3.95. The SMILES string of the molecule is [CH2+]C(C)C(CC)C[PH-]. The third-order valence-electron chi connectivity index (χ3n) is 1.59. The van der Waals surface area contributed by atoms with Crippen molar-refractivity contribution >= 4 is 9.24 Å². The Morgan fingerprint density at radius 2 is 2.12 bits per heavy atom. The molecule has 1 heteroatoms. The fourth-order valence-electron chi connectivity index (χ4n) is 0.748. The molecule has 0 nitrogen and oxygen atoms in total. The lowest BCUT2D eigenvalue weighted by Gasteiger charge is -2.15. The van der Waals surface area contributed by atoms with Crippen LogP contribution >= 0.6 is 9.24 Å². The highest BCUT2D eigenvalue weighted by molar-refractivity contribution is 7.16. The molecule has 48 valence electrons. The third kappa shape index (κ3) is 2.57. The van der Waals surface area contributed by atoms with Gasteiger partial charge in [-0.1, -0.05) is 13.3 Å².